The number of nitrogens with one attached hydrogen (secondary N) is 2. The molecular formula is C11H11F3N6O3S. The molecule has 0 spiro atoms. The van der Waals surface area contributed by atoms with Gasteiger partial charge in [-0.25, -0.2) is 8.42 Å². The molecule has 2 aromatic rings. The number of hydrazine groups is 1. The fourth-order valence-electron chi connectivity index (χ4n) is 1.58. The van der Waals surface area contributed by atoms with Crippen molar-refractivity contribution in [2.75, 3.05) is 6.26 Å². The molecule has 24 heavy (non-hydrogen) atoms. The Morgan fingerprint density at radius 3 is 2.67 bits per heavy atom. The van der Waals surface area contributed by atoms with Crippen LogP contribution in [0.15, 0.2) is 24.3 Å². The lowest BCUT2D eigenvalue weighted by atomic mass is 10.1. The maximum Gasteiger partial charge on any atom is 0.416 e. The number of aromatic nitrogens is 4. The number of tetrazole rings is 1. The van der Waals surface area contributed by atoms with E-state index in [1.807, 2.05) is 5.43 Å². The van der Waals surface area contributed by atoms with Crippen molar-refractivity contribution in [2.45, 2.75) is 12.7 Å². The van der Waals surface area contributed by atoms with Gasteiger partial charge < -0.3 is 0 Å². The first-order valence-electron chi connectivity index (χ1n) is 6.26. The number of hydrogen-bond donors (Lipinski definition) is 2. The third-order valence-corrected chi connectivity index (χ3v) is 3.03. The van der Waals surface area contributed by atoms with Gasteiger partial charge in [-0.15, -0.1) is 15.0 Å². The molecular weight excluding hydrogens is 353 g/mol. The van der Waals surface area contributed by atoms with E-state index in [1.165, 1.54) is 12.1 Å². The summed E-state index contributed by atoms with van der Waals surface area (Å²) in [5.41, 5.74) is 1.10. The van der Waals surface area contributed by atoms with Crippen LogP contribution in [0.4, 0.5) is 13.2 Å². The molecule has 2 rings (SSSR count). The first-order valence-corrected chi connectivity index (χ1v) is 8.15. The minimum absolute atomic E-state index is 0.0748. The van der Waals surface area contributed by atoms with Crippen molar-refractivity contribution in [1.82, 2.24) is 30.5 Å². The Bertz CT molecular complexity index is 849. The molecule has 1 aromatic carbocycles. The Balaban J connectivity index is 2.10. The highest BCUT2D eigenvalue weighted by molar-refractivity contribution is 7.88. The number of alkyl halides is 3. The van der Waals surface area contributed by atoms with Crippen LogP contribution in [-0.2, 0) is 27.5 Å². The normalized spacial score (nSPS) is 12.2. The maximum absolute atomic E-state index is 12.7. The average Bonchev–Trinajstić information content (AvgIpc) is 2.92. The summed E-state index contributed by atoms with van der Waals surface area (Å²) in [5.74, 6) is -0.890. The number of amides is 1. The second kappa shape index (κ2) is 6.52. The van der Waals surface area contributed by atoms with E-state index >= 15 is 0 Å². The van der Waals surface area contributed by atoms with Crippen molar-refractivity contribution in [3.8, 4) is 11.4 Å². The van der Waals surface area contributed by atoms with Crippen molar-refractivity contribution in [3.63, 3.8) is 0 Å². The number of carbonyl (C=O) groups excluding carboxylic acids is 1. The smallest absolute Gasteiger partial charge is 0.276 e. The highest BCUT2D eigenvalue weighted by Gasteiger charge is 2.30. The molecule has 0 aliphatic heterocycles. The van der Waals surface area contributed by atoms with Crippen molar-refractivity contribution in [1.29, 1.82) is 0 Å². The fraction of sp³-hybridized carbons (Fsp3) is 0.273. The van der Waals surface area contributed by atoms with E-state index < -0.39 is 34.2 Å². The first-order chi connectivity index (χ1) is 11.0. The Hall–Kier alpha value is -2.54. The van der Waals surface area contributed by atoms with Crippen LogP contribution in [-0.4, -0.2) is 40.8 Å². The van der Waals surface area contributed by atoms with E-state index in [0.29, 0.717) is 0 Å². The Morgan fingerprint density at radius 2 is 2.04 bits per heavy atom. The summed E-state index contributed by atoms with van der Waals surface area (Å²) in [6, 6.07) is 4.31. The number of hydrogen-bond acceptors (Lipinski definition) is 6. The zero-order valence-corrected chi connectivity index (χ0v) is 12.9. The van der Waals surface area contributed by atoms with Gasteiger partial charge in [0, 0.05) is 5.56 Å². The van der Waals surface area contributed by atoms with Crippen LogP contribution in [0.1, 0.15) is 5.56 Å². The Labute approximate surface area is 133 Å². The molecule has 0 bridgehead atoms. The fourth-order valence-corrected chi connectivity index (χ4v) is 1.88. The van der Waals surface area contributed by atoms with Crippen LogP contribution >= 0.6 is 0 Å². The number of rotatable bonds is 5. The molecule has 0 atom stereocenters. The van der Waals surface area contributed by atoms with Crippen LogP contribution in [0.25, 0.3) is 11.4 Å². The Kier molecular flexibility index (Phi) is 4.84. The van der Waals surface area contributed by atoms with E-state index in [-0.39, 0.29) is 11.4 Å². The van der Waals surface area contributed by atoms with Gasteiger partial charge in [-0.2, -0.15) is 18.0 Å². The minimum atomic E-state index is -4.51. The standard InChI is InChI=1S/C11H11F3N6O3S/c1-24(22,23)19-15-9(21)6-20-17-10(16-18-20)7-3-2-4-8(5-7)11(12,13)14/h2-5,19H,6H2,1H3,(H,15,21). The van der Waals surface area contributed by atoms with E-state index in [1.54, 1.807) is 4.83 Å². The summed E-state index contributed by atoms with van der Waals surface area (Å²) in [6.45, 7) is -0.478. The molecule has 13 heteroatoms. The molecule has 0 aliphatic rings. The van der Waals surface area contributed by atoms with Gasteiger partial charge in [0.2, 0.25) is 15.8 Å². The lowest BCUT2D eigenvalue weighted by Gasteiger charge is -2.06. The molecule has 0 saturated carbocycles. The number of nitrogens with zero attached hydrogens (tertiary/aromatic N) is 4. The van der Waals surface area contributed by atoms with Crippen LogP contribution in [0, 0.1) is 0 Å². The summed E-state index contributed by atoms with van der Waals surface area (Å²) >= 11 is 0. The summed E-state index contributed by atoms with van der Waals surface area (Å²) in [5, 5.41) is 10.9. The van der Waals surface area contributed by atoms with Gasteiger partial charge in [-0.05, 0) is 17.3 Å². The van der Waals surface area contributed by atoms with Crippen molar-refractivity contribution < 1.29 is 26.4 Å². The van der Waals surface area contributed by atoms with Gasteiger partial charge >= 0.3 is 6.18 Å². The monoisotopic (exact) mass is 364 g/mol. The van der Waals surface area contributed by atoms with Crippen LogP contribution in [0.2, 0.25) is 0 Å². The van der Waals surface area contributed by atoms with Gasteiger partial charge in [-0.3, -0.25) is 10.2 Å². The lowest BCUT2D eigenvalue weighted by molar-refractivity contribution is -0.137. The molecule has 1 amide bonds. The zero-order valence-electron chi connectivity index (χ0n) is 12.1. The summed E-state index contributed by atoms with van der Waals surface area (Å²) < 4.78 is 59.7. The van der Waals surface area contributed by atoms with E-state index in [2.05, 4.69) is 15.4 Å². The van der Waals surface area contributed by atoms with Gasteiger partial charge in [0.1, 0.15) is 6.54 Å². The van der Waals surface area contributed by atoms with Crippen molar-refractivity contribution in [3.05, 3.63) is 29.8 Å². The van der Waals surface area contributed by atoms with Crippen molar-refractivity contribution >= 4 is 15.9 Å². The molecule has 0 aliphatic carbocycles. The third kappa shape index (κ3) is 4.99. The molecule has 1 aromatic heterocycles. The van der Waals surface area contributed by atoms with E-state index in [0.717, 1.165) is 23.2 Å². The Morgan fingerprint density at radius 1 is 1.33 bits per heavy atom. The van der Waals surface area contributed by atoms with Crippen molar-refractivity contribution in [2.24, 2.45) is 0 Å². The van der Waals surface area contributed by atoms with Gasteiger partial charge in [0.15, 0.2) is 0 Å². The lowest BCUT2D eigenvalue weighted by Crippen LogP contribution is -2.42. The van der Waals surface area contributed by atoms with E-state index in [9.17, 15) is 26.4 Å². The number of halogens is 3. The molecule has 0 fully saturated rings. The molecule has 130 valence electrons. The molecule has 0 saturated heterocycles. The van der Waals surface area contributed by atoms with Gasteiger partial charge in [0.05, 0.1) is 11.8 Å². The molecule has 0 radical (unpaired) electrons. The minimum Gasteiger partial charge on any atom is -0.276 e. The predicted octanol–water partition coefficient (Wildman–Crippen LogP) is -0.0607. The quantitative estimate of drug-likeness (QED) is 0.718. The SMILES string of the molecule is CS(=O)(=O)NNC(=O)Cn1nnc(-c2cccc(C(F)(F)F)c2)n1. The highest BCUT2D eigenvalue weighted by atomic mass is 32.2. The summed E-state index contributed by atoms with van der Waals surface area (Å²) in [4.78, 5) is 14.1. The van der Waals surface area contributed by atoms with Crippen LogP contribution < -0.4 is 10.3 Å². The first kappa shape index (κ1) is 17.8. The molecule has 1 heterocycles. The second-order valence-corrected chi connectivity index (χ2v) is 6.39. The topological polar surface area (TPSA) is 119 Å². The molecule has 0 unspecified atom stereocenters. The molecule has 9 nitrogen and oxygen atoms in total. The zero-order chi connectivity index (χ0) is 18.0. The number of sulfonamides is 1. The molecule has 2 N–H and O–H groups in total. The summed E-state index contributed by atoms with van der Waals surface area (Å²) in [6.07, 6.45) is -3.67. The largest absolute Gasteiger partial charge is 0.416 e. The third-order valence-electron chi connectivity index (χ3n) is 2.56. The second-order valence-electron chi connectivity index (χ2n) is 4.64. The van der Waals surface area contributed by atoms with E-state index in [4.69, 9.17) is 0 Å². The van der Waals surface area contributed by atoms with Gasteiger partial charge in [0.25, 0.3) is 5.91 Å². The van der Waals surface area contributed by atoms with Crippen LogP contribution in [0.5, 0.6) is 0 Å². The van der Waals surface area contributed by atoms with Gasteiger partial charge in [-0.1, -0.05) is 12.1 Å². The maximum atomic E-state index is 12.7. The number of carbonyl (C=O) groups is 1. The predicted molar refractivity (Wildman–Crippen MR) is 74.4 cm³/mol. The summed E-state index contributed by atoms with van der Waals surface area (Å²) in [7, 11) is -3.62. The number of benzene rings is 1. The average molecular weight is 364 g/mol. The highest BCUT2D eigenvalue weighted by Crippen LogP contribution is 2.31. The van der Waals surface area contributed by atoms with Crippen LogP contribution in [0.3, 0.4) is 0 Å².